The fourth-order valence-corrected chi connectivity index (χ4v) is 2.42. The van der Waals surface area contributed by atoms with Gasteiger partial charge in [-0.15, -0.1) is 0 Å². The van der Waals surface area contributed by atoms with E-state index in [1.165, 1.54) is 16.7 Å². The fraction of sp³-hybridized carbons (Fsp3) is 0.375. The number of hydrogen-bond donors (Lipinski definition) is 1. The second-order valence-corrected chi connectivity index (χ2v) is 5.11. The normalized spacial score (nSPS) is 12.9. The number of nitrogens with two attached hydrogens (primary N) is 1. The van der Waals surface area contributed by atoms with Crippen molar-refractivity contribution >= 4 is 0 Å². The van der Waals surface area contributed by atoms with E-state index >= 15 is 0 Å². The van der Waals surface area contributed by atoms with Crippen LogP contribution >= 0.6 is 0 Å². The first-order valence-corrected chi connectivity index (χ1v) is 6.61. The van der Waals surface area contributed by atoms with Crippen LogP contribution in [0.5, 0.6) is 0 Å². The Morgan fingerprint density at radius 2 is 2.05 bits per heavy atom. The van der Waals surface area contributed by atoms with E-state index < -0.39 is 0 Å². The monoisotopic (exact) mass is 258 g/mol. The van der Waals surface area contributed by atoms with Crippen LogP contribution in [0.15, 0.2) is 41.0 Å². The maximum Gasteiger partial charge on any atom is 0.117 e. The molecule has 0 spiro atoms. The molecule has 1 aromatic heterocycles. The van der Waals surface area contributed by atoms with Gasteiger partial charge in [0.05, 0.1) is 12.8 Å². The quantitative estimate of drug-likeness (QED) is 0.896. The largest absolute Gasteiger partial charge is 0.468 e. The third-order valence-electron chi connectivity index (χ3n) is 3.53. The molecule has 0 aliphatic rings. The molecule has 0 radical (unpaired) electrons. The minimum Gasteiger partial charge on any atom is -0.468 e. The van der Waals surface area contributed by atoms with Gasteiger partial charge in [0.25, 0.3) is 0 Å². The Kier molecular flexibility index (Phi) is 4.40. The molecule has 0 saturated carbocycles. The van der Waals surface area contributed by atoms with Crippen LogP contribution in [0.1, 0.15) is 28.5 Å². The summed E-state index contributed by atoms with van der Waals surface area (Å²) in [4.78, 5) is 2.24. The van der Waals surface area contributed by atoms with Gasteiger partial charge < -0.3 is 10.2 Å². The lowest BCUT2D eigenvalue weighted by Crippen LogP contribution is -2.30. The molecule has 2 rings (SSSR count). The van der Waals surface area contributed by atoms with Crippen molar-refractivity contribution in [3.05, 3.63) is 59.0 Å². The van der Waals surface area contributed by atoms with Crippen molar-refractivity contribution < 1.29 is 4.42 Å². The van der Waals surface area contributed by atoms with Gasteiger partial charge in [-0.3, -0.25) is 4.90 Å². The smallest absolute Gasteiger partial charge is 0.117 e. The van der Waals surface area contributed by atoms with E-state index in [2.05, 4.69) is 44.0 Å². The predicted molar refractivity (Wildman–Crippen MR) is 77.9 cm³/mol. The van der Waals surface area contributed by atoms with Gasteiger partial charge in [-0.2, -0.15) is 0 Å². The Bertz CT molecular complexity index is 520. The first kappa shape index (κ1) is 13.8. The second kappa shape index (κ2) is 6.04. The molecule has 102 valence electrons. The van der Waals surface area contributed by atoms with E-state index in [1.54, 1.807) is 6.26 Å². The molecular formula is C16H22N2O. The molecule has 2 aromatic rings. The van der Waals surface area contributed by atoms with Gasteiger partial charge in [-0.1, -0.05) is 23.8 Å². The van der Waals surface area contributed by atoms with Crippen molar-refractivity contribution in [2.75, 3.05) is 13.6 Å². The van der Waals surface area contributed by atoms with Crippen LogP contribution < -0.4 is 5.73 Å². The van der Waals surface area contributed by atoms with Gasteiger partial charge in [0.15, 0.2) is 0 Å². The van der Waals surface area contributed by atoms with Crippen LogP contribution in [0, 0.1) is 13.8 Å². The van der Waals surface area contributed by atoms with Gasteiger partial charge in [0.2, 0.25) is 0 Å². The summed E-state index contributed by atoms with van der Waals surface area (Å²) < 4.78 is 5.41. The maximum absolute atomic E-state index is 5.98. The van der Waals surface area contributed by atoms with Gasteiger partial charge in [0.1, 0.15) is 5.76 Å². The van der Waals surface area contributed by atoms with E-state index in [-0.39, 0.29) is 6.04 Å². The molecule has 1 atom stereocenters. The van der Waals surface area contributed by atoms with Crippen LogP contribution in [0.2, 0.25) is 0 Å². The fourth-order valence-electron chi connectivity index (χ4n) is 2.42. The Hall–Kier alpha value is -1.58. The summed E-state index contributed by atoms with van der Waals surface area (Å²) in [7, 11) is 2.09. The zero-order valence-electron chi connectivity index (χ0n) is 11.9. The number of rotatable bonds is 5. The van der Waals surface area contributed by atoms with E-state index in [4.69, 9.17) is 10.2 Å². The van der Waals surface area contributed by atoms with Crippen LogP contribution in [0.25, 0.3) is 0 Å². The first-order valence-electron chi connectivity index (χ1n) is 6.61. The van der Waals surface area contributed by atoms with Crippen LogP contribution in [0.4, 0.5) is 0 Å². The highest BCUT2D eigenvalue weighted by molar-refractivity contribution is 5.33. The molecule has 1 aromatic carbocycles. The number of hydrogen-bond acceptors (Lipinski definition) is 3. The summed E-state index contributed by atoms with van der Waals surface area (Å²) in [6.45, 7) is 5.62. The van der Waals surface area contributed by atoms with Crippen molar-refractivity contribution in [1.29, 1.82) is 0 Å². The zero-order valence-corrected chi connectivity index (χ0v) is 11.9. The summed E-state index contributed by atoms with van der Waals surface area (Å²) in [5.41, 5.74) is 9.84. The first-order chi connectivity index (χ1) is 9.11. The highest BCUT2D eigenvalue weighted by Crippen LogP contribution is 2.24. The van der Waals surface area contributed by atoms with Gasteiger partial charge in [0, 0.05) is 12.6 Å². The van der Waals surface area contributed by atoms with Gasteiger partial charge >= 0.3 is 0 Å². The highest BCUT2D eigenvalue weighted by atomic mass is 16.3. The molecule has 0 fully saturated rings. The minimum atomic E-state index is 0.213. The molecule has 0 bridgehead atoms. The molecule has 3 nitrogen and oxygen atoms in total. The third-order valence-corrected chi connectivity index (χ3v) is 3.53. The van der Waals surface area contributed by atoms with Crippen LogP contribution in [-0.4, -0.2) is 18.5 Å². The van der Waals surface area contributed by atoms with Crippen molar-refractivity contribution in [3.8, 4) is 0 Å². The van der Waals surface area contributed by atoms with Crippen molar-refractivity contribution in [2.45, 2.75) is 26.4 Å². The lowest BCUT2D eigenvalue weighted by Gasteiger charge is -2.28. The molecule has 2 N–H and O–H groups in total. The molecule has 0 aliphatic carbocycles. The number of benzene rings is 1. The molecule has 1 unspecified atom stereocenters. The molecule has 0 saturated heterocycles. The zero-order chi connectivity index (χ0) is 13.8. The summed E-state index contributed by atoms with van der Waals surface area (Å²) in [5.74, 6) is 0.964. The van der Waals surface area contributed by atoms with Gasteiger partial charge in [-0.05, 0) is 44.2 Å². The minimum absolute atomic E-state index is 0.213. The standard InChI is InChI=1S/C16H22N2O/c1-12-6-7-13(2)15(9-12)16(10-17)18(3)11-14-5-4-8-19-14/h4-9,16H,10-11,17H2,1-3H3. The molecule has 0 aliphatic heterocycles. The number of aryl methyl sites for hydroxylation is 2. The predicted octanol–water partition coefficient (Wildman–Crippen LogP) is 3.03. The van der Waals surface area contributed by atoms with E-state index in [9.17, 15) is 0 Å². The summed E-state index contributed by atoms with van der Waals surface area (Å²) in [6.07, 6.45) is 1.71. The SMILES string of the molecule is Cc1ccc(C)c(C(CN)N(C)Cc2ccco2)c1. The van der Waals surface area contributed by atoms with Crippen LogP contribution in [-0.2, 0) is 6.54 Å². The molecular weight excluding hydrogens is 236 g/mol. The van der Waals surface area contributed by atoms with Crippen molar-refractivity contribution in [3.63, 3.8) is 0 Å². The Balaban J connectivity index is 2.21. The average Bonchev–Trinajstić information content (AvgIpc) is 2.87. The summed E-state index contributed by atoms with van der Waals surface area (Å²) >= 11 is 0. The number of furan rings is 1. The average molecular weight is 258 g/mol. The topological polar surface area (TPSA) is 42.4 Å². The lowest BCUT2D eigenvalue weighted by atomic mass is 9.98. The molecule has 3 heteroatoms. The molecule has 1 heterocycles. The van der Waals surface area contributed by atoms with E-state index in [0.29, 0.717) is 6.54 Å². The third kappa shape index (κ3) is 3.25. The highest BCUT2D eigenvalue weighted by Gasteiger charge is 2.18. The lowest BCUT2D eigenvalue weighted by molar-refractivity contribution is 0.222. The number of likely N-dealkylation sites (N-methyl/N-ethyl adjacent to an activating group) is 1. The van der Waals surface area contributed by atoms with Crippen molar-refractivity contribution in [1.82, 2.24) is 4.90 Å². The number of nitrogens with zero attached hydrogens (tertiary/aromatic N) is 1. The van der Waals surface area contributed by atoms with Gasteiger partial charge in [-0.25, -0.2) is 0 Å². The summed E-state index contributed by atoms with van der Waals surface area (Å²) in [6, 6.07) is 10.6. The van der Waals surface area contributed by atoms with E-state index in [0.717, 1.165) is 12.3 Å². The summed E-state index contributed by atoms with van der Waals surface area (Å²) in [5, 5.41) is 0. The molecule has 19 heavy (non-hydrogen) atoms. The van der Waals surface area contributed by atoms with Crippen molar-refractivity contribution in [2.24, 2.45) is 5.73 Å². The Morgan fingerprint density at radius 1 is 1.26 bits per heavy atom. The molecule has 0 amide bonds. The Labute approximate surface area is 115 Å². The van der Waals surface area contributed by atoms with Crippen LogP contribution in [0.3, 0.4) is 0 Å². The van der Waals surface area contributed by atoms with E-state index in [1.807, 2.05) is 12.1 Å². The Morgan fingerprint density at radius 3 is 2.68 bits per heavy atom. The maximum atomic E-state index is 5.98. The second-order valence-electron chi connectivity index (χ2n) is 5.11.